The fourth-order valence-corrected chi connectivity index (χ4v) is 2.80. The predicted molar refractivity (Wildman–Crippen MR) is 79.9 cm³/mol. The summed E-state index contributed by atoms with van der Waals surface area (Å²) in [5.74, 6) is 0. The van der Waals surface area contributed by atoms with E-state index in [1.165, 1.54) is 29.5 Å². The number of nitrogens with zero attached hydrogens (tertiary/aromatic N) is 1. The van der Waals surface area contributed by atoms with Crippen molar-refractivity contribution in [3.63, 3.8) is 0 Å². The second kappa shape index (κ2) is 6.16. The minimum absolute atomic E-state index is 0.576. The molecular weight excluding hydrogens is 242 g/mol. The maximum atomic E-state index is 5.71. The Balaban J connectivity index is 1.95. The Morgan fingerprint density at radius 2 is 2.28 bits per heavy atom. The first-order valence-corrected chi connectivity index (χ1v) is 7.39. The smallest absolute Gasteiger partial charge is 0.181 e. The quantitative estimate of drug-likeness (QED) is 0.838. The molecule has 1 unspecified atom stereocenters. The highest BCUT2D eigenvalue weighted by atomic mass is 32.1. The third-order valence-corrected chi connectivity index (χ3v) is 3.96. The summed E-state index contributed by atoms with van der Waals surface area (Å²) in [5.41, 5.74) is 8.01. The van der Waals surface area contributed by atoms with Crippen molar-refractivity contribution in [2.24, 2.45) is 0 Å². The summed E-state index contributed by atoms with van der Waals surface area (Å²) in [4.78, 5) is 4.27. The predicted octanol–water partition coefficient (Wildman–Crippen LogP) is 3.55. The van der Waals surface area contributed by atoms with E-state index in [0.717, 1.165) is 12.1 Å². The van der Waals surface area contributed by atoms with Gasteiger partial charge in [-0.3, -0.25) is 0 Å². The Kier molecular flexibility index (Phi) is 4.55. The van der Waals surface area contributed by atoms with Gasteiger partial charge in [-0.2, -0.15) is 0 Å². The van der Waals surface area contributed by atoms with Gasteiger partial charge in [0, 0.05) is 12.6 Å². The third kappa shape index (κ3) is 3.43. The summed E-state index contributed by atoms with van der Waals surface area (Å²) in [6, 6.07) is 6.94. The highest BCUT2D eigenvalue weighted by Gasteiger charge is 2.04. The summed E-state index contributed by atoms with van der Waals surface area (Å²) in [5, 5.41) is 4.20. The first-order chi connectivity index (χ1) is 8.69. The van der Waals surface area contributed by atoms with Crippen LogP contribution < -0.4 is 11.1 Å². The normalized spacial score (nSPS) is 13.0. The van der Waals surface area contributed by atoms with E-state index in [-0.39, 0.29) is 0 Å². The minimum Gasteiger partial charge on any atom is -0.375 e. The van der Waals surface area contributed by atoms with E-state index < -0.39 is 0 Å². The molecule has 0 aliphatic carbocycles. The van der Waals surface area contributed by atoms with Crippen LogP contribution in [0.2, 0.25) is 0 Å². The highest BCUT2D eigenvalue weighted by molar-refractivity contribution is 7.22. The number of aromatic nitrogens is 1. The highest BCUT2D eigenvalue weighted by Crippen LogP contribution is 2.24. The van der Waals surface area contributed by atoms with E-state index in [9.17, 15) is 0 Å². The van der Waals surface area contributed by atoms with Crippen LogP contribution in [0.25, 0.3) is 10.2 Å². The second-order valence-electron chi connectivity index (χ2n) is 4.78. The first kappa shape index (κ1) is 13.3. The molecular formula is C14H21N3S. The third-order valence-electron chi connectivity index (χ3n) is 3.11. The summed E-state index contributed by atoms with van der Waals surface area (Å²) in [6.07, 6.45) is 3.79. The number of thiazole rings is 1. The maximum Gasteiger partial charge on any atom is 0.181 e. The van der Waals surface area contributed by atoms with Crippen LogP contribution in [0.1, 0.15) is 38.7 Å². The van der Waals surface area contributed by atoms with Crippen LogP contribution in [0.4, 0.5) is 5.13 Å². The van der Waals surface area contributed by atoms with Crippen LogP contribution in [0.3, 0.4) is 0 Å². The number of benzene rings is 1. The number of rotatable bonds is 6. The molecule has 0 aliphatic heterocycles. The number of nitrogens with two attached hydrogens (primary N) is 1. The molecule has 1 aromatic heterocycles. The van der Waals surface area contributed by atoms with E-state index in [2.05, 4.69) is 42.3 Å². The standard InChI is InChI=1S/C14H21N3S/c1-3-4-5-10(2)16-9-11-6-7-12-13(8-11)18-14(15)17-12/h6-8,10,16H,3-5,9H2,1-2H3,(H2,15,17). The van der Waals surface area contributed by atoms with Gasteiger partial charge in [-0.05, 0) is 31.0 Å². The van der Waals surface area contributed by atoms with Gasteiger partial charge in [-0.1, -0.05) is 37.2 Å². The van der Waals surface area contributed by atoms with E-state index in [4.69, 9.17) is 5.73 Å². The van der Waals surface area contributed by atoms with E-state index in [1.807, 2.05) is 0 Å². The summed E-state index contributed by atoms with van der Waals surface area (Å²) < 4.78 is 1.17. The number of unbranched alkanes of at least 4 members (excludes halogenated alkanes) is 1. The van der Waals surface area contributed by atoms with Crippen LogP contribution in [-0.4, -0.2) is 11.0 Å². The zero-order valence-corrected chi connectivity index (χ0v) is 11.9. The molecule has 1 heterocycles. The zero-order chi connectivity index (χ0) is 13.0. The van der Waals surface area contributed by atoms with Gasteiger partial charge in [0.2, 0.25) is 0 Å². The number of hydrogen-bond donors (Lipinski definition) is 2. The average Bonchev–Trinajstić information content (AvgIpc) is 2.73. The molecule has 1 atom stereocenters. The average molecular weight is 263 g/mol. The molecule has 0 spiro atoms. The monoisotopic (exact) mass is 263 g/mol. The fraction of sp³-hybridized carbons (Fsp3) is 0.500. The lowest BCUT2D eigenvalue weighted by Crippen LogP contribution is -2.25. The molecule has 18 heavy (non-hydrogen) atoms. The van der Waals surface area contributed by atoms with Crippen LogP contribution in [0.15, 0.2) is 18.2 Å². The van der Waals surface area contributed by atoms with Crippen molar-refractivity contribution in [3.8, 4) is 0 Å². The summed E-state index contributed by atoms with van der Waals surface area (Å²) >= 11 is 1.55. The minimum atomic E-state index is 0.576. The van der Waals surface area contributed by atoms with Crippen molar-refractivity contribution >= 4 is 26.7 Å². The molecule has 2 aromatic rings. The molecule has 2 rings (SSSR count). The second-order valence-corrected chi connectivity index (χ2v) is 5.84. The molecule has 0 saturated heterocycles. The lowest BCUT2D eigenvalue weighted by atomic mass is 10.1. The van der Waals surface area contributed by atoms with Crippen LogP contribution >= 0.6 is 11.3 Å². The van der Waals surface area contributed by atoms with Crippen molar-refractivity contribution < 1.29 is 0 Å². The van der Waals surface area contributed by atoms with Gasteiger partial charge in [0.05, 0.1) is 10.2 Å². The molecule has 0 radical (unpaired) electrons. The number of anilines is 1. The molecule has 0 bridgehead atoms. The van der Waals surface area contributed by atoms with Gasteiger partial charge in [0.25, 0.3) is 0 Å². The van der Waals surface area contributed by atoms with Crippen LogP contribution in [0.5, 0.6) is 0 Å². The SMILES string of the molecule is CCCCC(C)NCc1ccc2nc(N)sc2c1. The molecule has 3 nitrogen and oxygen atoms in total. The van der Waals surface area contributed by atoms with Crippen molar-refractivity contribution in [2.75, 3.05) is 5.73 Å². The van der Waals surface area contributed by atoms with Crippen LogP contribution in [-0.2, 0) is 6.54 Å². The Hall–Kier alpha value is -1.13. The van der Waals surface area contributed by atoms with E-state index in [1.54, 1.807) is 11.3 Å². The number of hydrogen-bond acceptors (Lipinski definition) is 4. The first-order valence-electron chi connectivity index (χ1n) is 6.57. The lowest BCUT2D eigenvalue weighted by Gasteiger charge is -2.13. The van der Waals surface area contributed by atoms with Crippen molar-refractivity contribution in [1.82, 2.24) is 10.3 Å². The summed E-state index contributed by atoms with van der Waals surface area (Å²) in [7, 11) is 0. The topological polar surface area (TPSA) is 50.9 Å². The van der Waals surface area contributed by atoms with Crippen molar-refractivity contribution in [1.29, 1.82) is 0 Å². The molecule has 1 aromatic carbocycles. The lowest BCUT2D eigenvalue weighted by molar-refractivity contribution is 0.495. The molecule has 0 fully saturated rings. The number of fused-ring (bicyclic) bond motifs is 1. The maximum absolute atomic E-state index is 5.71. The van der Waals surface area contributed by atoms with Gasteiger partial charge in [0.1, 0.15) is 0 Å². The van der Waals surface area contributed by atoms with Gasteiger partial charge >= 0.3 is 0 Å². The van der Waals surface area contributed by atoms with Crippen LogP contribution in [0, 0.1) is 0 Å². The summed E-state index contributed by atoms with van der Waals surface area (Å²) in [6.45, 7) is 5.40. The molecule has 3 N–H and O–H groups in total. The zero-order valence-electron chi connectivity index (χ0n) is 11.1. The van der Waals surface area contributed by atoms with Crippen molar-refractivity contribution in [3.05, 3.63) is 23.8 Å². The van der Waals surface area contributed by atoms with Gasteiger partial charge in [-0.25, -0.2) is 4.98 Å². The van der Waals surface area contributed by atoms with Gasteiger partial charge in [0.15, 0.2) is 5.13 Å². The molecule has 98 valence electrons. The molecule has 0 amide bonds. The Bertz CT molecular complexity index is 507. The number of nitrogens with one attached hydrogen (secondary N) is 1. The van der Waals surface area contributed by atoms with Gasteiger partial charge in [-0.15, -0.1) is 0 Å². The Labute approximate surface area is 112 Å². The van der Waals surface area contributed by atoms with E-state index >= 15 is 0 Å². The Morgan fingerprint density at radius 1 is 1.44 bits per heavy atom. The molecule has 4 heteroatoms. The fourth-order valence-electron chi connectivity index (χ4n) is 2.00. The molecule has 0 saturated carbocycles. The largest absolute Gasteiger partial charge is 0.375 e. The number of nitrogen functional groups attached to an aromatic ring is 1. The molecule has 0 aliphatic rings. The van der Waals surface area contributed by atoms with Crippen molar-refractivity contribution in [2.45, 2.75) is 45.7 Å². The Morgan fingerprint density at radius 3 is 3.06 bits per heavy atom. The van der Waals surface area contributed by atoms with Gasteiger partial charge < -0.3 is 11.1 Å². The van der Waals surface area contributed by atoms with E-state index in [0.29, 0.717) is 11.2 Å².